The van der Waals surface area contributed by atoms with E-state index in [-0.39, 0.29) is 17.6 Å². The largest absolute Gasteiger partial charge is 0.342 e. The van der Waals surface area contributed by atoms with Gasteiger partial charge in [-0.05, 0) is 30.5 Å². The summed E-state index contributed by atoms with van der Waals surface area (Å²) in [5.41, 5.74) is 1.45. The summed E-state index contributed by atoms with van der Waals surface area (Å²) in [6.07, 6.45) is 3.41. The third-order valence-electron chi connectivity index (χ3n) is 4.77. The minimum Gasteiger partial charge on any atom is -0.342 e. The van der Waals surface area contributed by atoms with Crippen LogP contribution in [0, 0.1) is 17.2 Å². The smallest absolute Gasteiger partial charge is 0.227 e. The predicted octanol–water partition coefficient (Wildman–Crippen LogP) is 2.74. The molecular formula is C21H21N3O2. The highest BCUT2D eigenvalue weighted by molar-refractivity contribution is 5.91. The zero-order valence-electron chi connectivity index (χ0n) is 14.5. The van der Waals surface area contributed by atoms with Crippen LogP contribution in [-0.4, -0.2) is 34.7 Å². The summed E-state index contributed by atoms with van der Waals surface area (Å²) in [5.74, 6) is -1.29. The Morgan fingerprint density at radius 1 is 1.19 bits per heavy atom. The molecule has 1 saturated heterocycles. The minimum atomic E-state index is -0.870. The first-order chi connectivity index (χ1) is 12.7. The van der Waals surface area contributed by atoms with Gasteiger partial charge in [-0.2, -0.15) is 5.26 Å². The second kappa shape index (κ2) is 8.39. The van der Waals surface area contributed by atoms with Crippen LogP contribution in [0.4, 0.5) is 0 Å². The summed E-state index contributed by atoms with van der Waals surface area (Å²) >= 11 is 0. The van der Waals surface area contributed by atoms with E-state index in [9.17, 15) is 14.9 Å². The fourth-order valence-electron chi connectivity index (χ4n) is 3.38. The Balaban J connectivity index is 1.67. The van der Waals surface area contributed by atoms with Crippen LogP contribution in [-0.2, 0) is 16.0 Å². The van der Waals surface area contributed by atoms with Crippen LogP contribution in [0.3, 0.4) is 0 Å². The number of ketones is 1. The Hall–Kier alpha value is -3.00. The fraction of sp³-hybridized carbons (Fsp3) is 0.333. The van der Waals surface area contributed by atoms with Crippen molar-refractivity contribution in [3.05, 3.63) is 66.0 Å². The number of hydrogen-bond donors (Lipinski definition) is 0. The first-order valence-electron chi connectivity index (χ1n) is 8.85. The van der Waals surface area contributed by atoms with Gasteiger partial charge in [0, 0.05) is 25.2 Å². The number of piperidine rings is 1. The first kappa shape index (κ1) is 17.8. The molecule has 132 valence electrons. The molecular weight excluding hydrogens is 326 g/mol. The third-order valence-corrected chi connectivity index (χ3v) is 4.77. The van der Waals surface area contributed by atoms with E-state index in [1.165, 1.54) is 0 Å². The lowest BCUT2D eigenvalue weighted by Gasteiger charge is -2.32. The average Bonchev–Trinajstić information content (AvgIpc) is 2.70. The standard InChI is InChI=1S/C21H21N3O2/c22-14-18(19-10-4-5-11-23-19)21(26)17-9-6-12-24(15-17)20(25)13-16-7-2-1-3-8-16/h1-5,7-8,10-11,17-18H,6,9,12-13,15H2. The number of amides is 1. The zero-order chi connectivity index (χ0) is 18.4. The molecule has 26 heavy (non-hydrogen) atoms. The summed E-state index contributed by atoms with van der Waals surface area (Å²) < 4.78 is 0. The Kier molecular flexibility index (Phi) is 5.75. The Morgan fingerprint density at radius 2 is 1.96 bits per heavy atom. The molecule has 0 bridgehead atoms. The van der Waals surface area contributed by atoms with Crippen molar-refractivity contribution in [2.45, 2.75) is 25.2 Å². The maximum atomic E-state index is 12.9. The van der Waals surface area contributed by atoms with Gasteiger partial charge in [-0.1, -0.05) is 36.4 Å². The normalized spacial score (nSPS) is 18.0. The average molecular weight is 347 g/mol. The van der Waals surface area contributed by atoms with Gasteiger partial charge in [0.2, 0.25) is 5.91 Å². The van der Waals surface area contributed by atoms with E-state index in [4.69, 9.17) is 0 Å². The number of pyridine rings is 1. The maximum absolute atomic E-state index is 12.9. The van der Waals surface area contributed by atoms with Crippen LogP contribution in [0.15, 0.2) is 54.7 Å². The molecule has 2 atom stereocenters. The highest BCUT2D eigenvalue weighted by Gasteiger charge is 2.33. The van der Waals surface area contributed by atoms with E-state index >= 15 is 0 Å². The molecule has 1 fully saturated rings. The molecule has 1 amide bonds. The summed E-state index contributed by atoms with van der Waals surface area (Å²) in [6, 6.07) is 16.9. The van der Waals surface area contributed by atoms with Gasteiger partial charge in [0.15, 0.2) is 5.78 Å². The van der Waals surface area contributed by atoms with Crippen LogP contribution in [0.5, 0.6) is 0 Å². The fourth-order valence-corrected chi connectivity index (χ4v) is 3.38. The maximum Gasteiger partial charge on any atom is 0.227 e. The molecule has 5 heteroatoms. The molecule has 1 aliphatic rings. The predicted molar refractivity (Wildman–Crippen MR) is 97.0 cm³/mol. The Labute approximate surface area is 153 Å². The molecule has 0 N–H and O–H groups in total. The van der Waals surface area contributed by atoms with Gasteiger partial charge in [-0.15, -0.1) is 0 Å². The molecule has 3 rings (SSSR count). The number of aromatic nitrogens is 1. The second-order valence-corrected chi connectivity index (χ2v) is 6.56. The quantitative estimate of drug-likeness (QED) is 0.833. The van der Waals surface area contributed by atoms with Gasteiger partial charge in [-0.3, -0.25) is 14.6 Å². The highest BCUT2D eigenvalue weighted by Crippen LogP contribution is 2.25. The number of likely N-dealkylation sites (tertiary alicyclic amines) is 1. The van der Waals surface area contributed by atoms with E-state index in [0.717, 1.165) is 12.0 Å². The molecule has 0 spiro atoms. The summed E-state index contributed by atoms with van der Waals surface area (Å²) in [6.45, 7) is 1.05. The first-order valence-corrected chi connectivity index (χ1v) is 8.85. The lowest BCUT2D eigenvalue weighted by Crippen LogP contribution is -2.44. The lowest BCUT2D eigenvalue weighted by atomic mass is 9.85. The van der Waals surface area contributed by atoms with Crippen molar-refractivity contribution >= 4 is 11.7 Å². The van der Waals surface area contributed by atoms with Crippen molar-refractivity contribution in [2.75, 3.05) is 13.1 Å². The van der Waals surface area contributed by atoms with Crippen molar-refractivity contribution in [1.29, 1.82) is 5.26 Å². The Bertz CT molecular complexity index is 799. The Morgan fingerprint density at radius 3 is 2.65 bits per heavy atom. The van der Waals surface area contributed by atoms with E-state index < -0.39 is 5.92 Å². The summed E-state index contributed by atoms with van der Waals surface area (Å²) in [5, 5.41) is 9.46. The van der Waals surface area contributed by atoms with Gasteiger partial charge in [-0.25, -0.2) is 0 Å². The van der Waals surface area contributed by atoms with Crippen LogP contribution >= 0.6 is 0 Å². The molecule has 5 nitrogen and oxygen atoms in total. The number of rotatable bonds is 5. The number of nitrogens with zero attached hydrogens (tertiary/aromatic N) is 3. The molecule has 1 aliphatic heterocycles. The SMILES string of the molecule is N#CC(C(=O)C1CCCN(C(=O)Cc2ccccc2)C1)c1ccccn1. The molecule has 0 saturated carbocycles. The molecule has 2 aromatic rings. The number of nitriles is 1. The lowest BCUT2D eigenvalue weighted by molar-refractivity contribution is -0.134. The van der Waals surface area contributed by atoms with Crippen LogP contribution in [0.1, 0.15) is 30.0 Å². The minimum absolute atomic E-state index is 0.0278. The number of carbonyl (C=O) groups excluding carboxylic acids is 2. The van der Waals surface area contributed by atoms with Crippen LogP contribution in [0.2, 0.25) is 0 Å². The van der Waals surface area contributed by atoms with Crippen molar-refractivity contribution in [2.24, 2.45) is 5.92 Å². The number of carbonyl (C=O) groups is 2. The van der Waals surface area contributed by atoms with Crippen molar-refractivity contribution in [1.82, 2.24) is 9.88 Å². The highest BCUT2D eigenvalue weighted by atomic mass is 16.2. The van der Waals surface area contributed by atoms with Crippen molar-refractivity contribution in [3.8, 4) is 6.07 Å². The third kappa shape index (κ3) is 4.15. The topological polar surface area (TPSA) is 74.1 Å². The van der Waals surface area contributed by atoms with Gasteiger partial charge in [0.25, 0.3) is 0 Å². The molecule has 1 aromatic carbocycles. The molecule has 2 heterocycles. The molecule has 1 aromatic heterocycles. The van der Waals surface area contributed by atoms with Gasteiger partial charge < -0.3 is 4.90 Å². The number of hydrogen-bond acceptors (Lipinski definition) is 4. The van der Waals surface area contributed by atoms with E-state index in [1.807, 2.05) is 30.3 Å². The molecule has 0 aliphatic carbocycles. The van der Waals surface area contributed by atoms with Gasteiger partial charge in [0.05, 0.1) is 18.2 Å². The zero-order valence-corrected chi connectivity index (χ0v) is 14.5. The molecule has 0 radical (unpaired) electrons. The monoisotopic (exact) mass is 347 g/mol. The van der Waals surface area contributed by atoms with Gasteiger partial charge in [0.1, 0.15) is 5.92 Å². The molecule has 2 unspecified atom stereocenters. The van der Waals surface area contributed by atoms with E-state index in [1.54, 1.807) is 29.3 Å². The van der Waals surface area contributed by atoms with Crippen molar-refractivity contribution < 1.29 is 9.59 Å². The van der Waals surface area contributed by atoms with Crippen LogP contribution in [0.25, 0.3) is 0 Å². The summed E-state index contributed by atoms with van der Waals surface area (Å²) in [4.78, 5) is 31.3. The second-order valence-electron chi connectivity index (χ2n) is 6.56. The van der Waals surface area contributed by atoms with E-state index in [0.29, 0.717) is 31.6 Å². The number of Topliss-reactive ketones (excluding diaryl/α,β-unsaturated/α-hetero) is 1. The van der Waals surface area contributed by atoms with Crippen LogP contribution < -0.4 is 0 Å². The van der Waals surface area contributed by atoms with E-state index in [2.05, 4.69) is 11.1 Å². The van der Waals surface area contributed by atoms with Crippen molar-refractivity contribution in [3.63, 3.8) is 0 Å². The number of benzene rings is 1. The summed E-state index contributed by atoms with van der Waals surface area (Å²) in [7, 11) is 0. The van der Waals surface area contributed by atoms with Gasteiger partial charge >= 0.3 is 0 Å².